The standard InChI is InChI=1S/C13H12Cl2N2/c1-8-6-13(12(16)7-11(8)15)17-10-4-2-9(14)3-5-10/h2-7,17H,16H2,1H3. The van der Waals surface area contributed by atoms with E-state index in [0.717, 1.165) is 16.9 Å². The molecule has 0 aliphatic carbocycles. The summed E-state index contributed by atoms with van der Waals surface area (Å²) in [4.78, 5) is 0. The Hall–Kier alpha value is -1.38. The van der Waals surface area contributed by atoms with Crippen molar-refractivity contribution in [2.75, 3.05) is 11.1 Å². The van der Waals surface area contributed by atoms with E-state index >= 15 is 0 Å². The Kier molecular flexibility index (Phi) is 3.46. The van der Waals surface area contributed by atoms with Crippen LogP contribution in [0.1, 0.15) is 5.56 Å². The highest BCUT2D eigenvalue weighted by Gasteiger charge is 2.04. The summed E-state index contributed by atoms with van der Waals surface area (Å²) in [5.74, 6) is 0. The summed E-state index contributed by atoms with van der Waals surface area (Å²) in [7, 11) is 0. The number of hydrogen-bond donors (Lipinski definition) is 2. The molecule has 0 saturated heterocycles. The van der Waals surface area contributed by atoms with Crippen molar-refractivity contribution in [3.8, 4) is 0 Å². The van der Waals surface area contributed by atoms with Crippen LogP contribution in [-0.4, -0.2) is 0 Å². The molecule has 0 spiro atoms. The van der Waals surface area contributed by atoms with Crippen LogP contribution in [0, 0.1) is 6.92 Å². The zero-order valence-electron chi connectivity index (χ0n) is 9.30. The second kappa shape index (κ2) is 4.86. The molecule has 0 aliphatic heterocycles. The number of halogens is 2. The smallest absolute Gasteiger partial charge is 0.0621 e. The zero-order valence-corrected chi connectivity index (χ0v) is 10.8. The maximum atomic E-state index is 5.98. The van der Waals surface area contributed by atoms with Crippen LogP contribution >= 0.6 is 23.2 Å². The van der Waals surface area contributed by atoms with Crippen molar-refractivity contribution < 1.29 is 0 Å². The molecule has 0 bridgehead atoms. The number of rotatable bonds is 2. The maximum absolute atomic E-state index is 5.98. The summed E-state index contributed by atoms with van der Waals surface area (Å²) in [6.07, 6.45) is 0. The van der Waals surface area contributed by atoms with Gasteiger partial charge in [0.1, 0.15) is 0 Å². The highest BCUT2D eigenvalue weighted by molar-refractivity contribution is 6.31. The SMILES string of the molecule is Cc1cc(Nc2ccc(Cl)cc2)c(N)cc1Cl. The van der Waals surface area contributed by atoms with E-state index in [9.17, 15) is 0 Å². The number of aryl methyl sites for hydroxylation is 1. The van der Waals surface area contributed by atoms with E-state index in [2.05, 4.69) is 5.32 Å². The average molecular weight is 267 g/mol. The largest absolute Gasteiger partial charge is 0.397 e. The molecule has 0 radical (unpaired) electrons. The van der Waals surface area contributed by atoms with Crippen LogP contribution in [0.3, 0.4) is 0 Å². The Labute approximate surface area is 110 Å². The summed E-state index contributed by atoms with van der Waals surface area (Å²) in [5, 5.41) is 4.60. The van der Waals surface area contributed by atoms with Crippen LogP contribution in [0.4, 0.5) is 17.1 Å². The van der Waals surface area contributed by atoms with E-state index in [-0.39, 0.29) is 0 Å². The van der Waals surface area contributed by atoms with Crippen molar-refractivity contribution in [2.24, 2.45) is 0 Å². The van der Waals surface area contributed by atoms with Crippen LogP contribution in [-0.2, 0) is 0 Å². The third-order valence-electron chi connectivity index (χ3n) is 2.45. The molecule has 0 amide bonds. The fourth-order valence-corrected chi connectivity index (χ4v) is 1.79. The van der Waals surface area contributed by atoms with Crippen molar-refractivity contribution in [1.82, 2.24) is 0 Å². The summed E-state index contributed by atoms with van der Waals surface area (Å²) >= 11 is 11.8. The fourth-order valence-electron chi connectivity index (χ4n) is 1.49. The first-order valence-corrected chi connectivity index (χ1v) is 5.90. The van der Waals surface area contributed by atoms with E-state index in [4.69, 9.17) is 28.9 Å². The Bertz CT molecular complexity index is 536. The number of nitrogens with two attached hydrogens (primary N) is 1. The minimum atomic E-state index is 0.621. The lowest BCUT2D eigenvalue weighted by Crippen LogP contribution is -1.97. The van der Waals surface area contributed by atoms with Gasteiger partial charge in [0.05, 0.1) is 11.4 Å². The molecule has 0 fully saturated rings. The highest BCUT2D eigenvalue weighted by Crippen LogP contribution is 2.29. The van der Waals surface area contributed by atoms with E-state index in [1.54, 1.807) is 6.07 Å². The first-order valence-electron chi connectivity index (χ1n) is 5.14. The van der Waals surface area contributed by atoms with Gasteiger partial charge in [-0.25, -0.2) is 0 Å². The summed E-state index contributed by atoms with van der Waals surface area (Å²) in [5.41, 5.74) is 9.27. The van der Waals surface area contributed by atoms with Gasteiger partial charge in [0.2, 0.25) is 0 Å². The van der Waals surface area contributed by atoms with Crippen LogP contribution in [0.15, 0.2) is 36.4 Å². The molecule has 0 aliphatic rings. The van der Waals surface area contributed by atoms with Crippen LogP contribution < -0.4 is 11.1 Å². The quantitative estimate of drug-likeness (QED) is 0.778. The number of anilines is 3. The molecule has 2 aromatic carbocycles. The van der Waals surface area contributed by atoms with Gasteiger partial charge >= 0.3 is 0 Å². The third kappa shape index (κ3) is 2.84. The molecule has 17 heavy (non-hydrogen) atoms. The lowest BCUT2D eigenvalue weighted by Gasteiger charge is -2.11. The van der Waals surface area contributed by atoms with Gasteiger partial charge in [-0.3, -0.25) is 0 Å². The lowest BCUT2D eigenvalue weighted by molar-refractivity contribution is 1.45. The molecule has 3 N–H and O–H groups in total. The molecule has 0 atom stereocenters. The molecule has 2 aromatic rings. The van der Waals surface area contributed by atoms with Gasteiger partial charge in [-0.1, -0.05) is 23.2 Å². The van der Waals surface area contributed by atoms with Gasteiger partial charge in [0, 0.05) is 15.7 Å². The predicted octanol–water partition coefficient (Wildman–Crippen LogP) is 4.63. The molecule has 0 aromatic heterocycles. The number of nitrogen functional groups attached to an aromatic ring is 1. The molecule has 4 heteroatoms. The van der Waals surface area contributed by atoms with Gasteiger partial charge in [0.15, 0.2) is 0 Å². The van der Waals surface area contributed by atoms with Crippen LogP contribution in [0.25, 0.3) is 0 Å². The Balaban J connectivity index is 2.30. The molecule has 2 nitrogen and oxygen atoms in total. The summed E-state index contributed by atoms with van der Waals surface area (Å²) in [6, 6.07) is 11.1. The number of hydrogen-bond acceptors (Lipinski definition) is 2. The normalized spacial score (nSPS) is 10.3. The first-order chi connectivity index (χ1) is 8.06. The minimum Gasteiger partial charge on any atom is -0.397 e. The van der Waals surface area contributed by atoms with Crippen LogP contribution in [0.5, 0.6) is 0 Å². The Morgan fingerprint density at radius 3 is 2.35 bits per heavy atom. The minimum absolute atomic E-state index is 0.621. The first kappa shape index (κ1) is 12.1. The number of nitrogens with one attached hydrogen (secondary N) is 1. The summed E-state index contributed by atoms with van der Waals surface area (Å²) < 4.78 is 0. The van der Waals surface area contributed by atoms with Crippen molar-refractivity contribution in [2.45, 2.75) is 6.92 Å². The van der Waals surface area contributed by atoms with Crippen molar-refractivity contribution in [3.63, 3.8) is 0 Å². The van der Waals surface area contributed by atoms with Gasteiger partial charge in [-0.2, -0.15) is 0 Å². The summed E-state index contributed by atoms with van der Waals surface area (Å²) in [6.45, 7) is 1.94. The molecular weight excluding hydrogens is 255 g/mol. The third-order valence-corrected chi connectivity index (χ3v) is 3.11. The van der Waals surface area contributed by atoms with Crippen LogP contribution in [0.2, 0.25) is 10.0 Å². The van der Waals surface area contributed by atoms with Crippen molar-refractivity contribution >= 4 is 40.3 Å². The van der Waals surface area contributed by atoms with Gasteiger partial charge in [-0.05, 0) is 48.9 Å². The Morgan fingerprint density at radius 1 is 1.06 bits per heavy atom. The molecular formula is C13H12Cl2N2. The van der Waals surface area contributed by atoms with Crippen molar-refractivity contribution in [3.05, 3.63) is 52.0 Å². The number of benzene rings is 2. The van der Waals surface area contributed by atoms with E-state index in [1.165, 1.54) is 0 Å². The average Bonchev–Trinajstić information content (AvgIpc) is 2.29. The molecule has 2 rings (SSSR count). The van der Waals surface area contributed by atoms with Crippen molar-refractivity contribution in [1.29, 1.82) is 0 Å². The monoisotopic (exact) mass is 266 g/mol. The Morgan fingerprint density at radius 2 is 1.71 bits per heavy atom. The molecule has 0 saturated carbocycles. The topological polar surface area (TPSA) is 38.0 Å². The maximum Gasteiger partial charge on any atom is 0.0621 e. The van der Waals surface area contributed by atoms with E-state index in [1.807, 2.05) is 37.3 Å². The van der Waals surface area contributed by atoms with E-state index < -0.39 is 0 Å². The zero-order chi connectivity index (χ0) is 12.4. The lowest BCUT2D eigenvalue weighted by atomic mass is 10.2. The van der Waals surface area contributed by atoms with E-state index in [0.29, 0.717) is 15.7 Å². The van der Waals surface area contributed by atoms with Gasteiger partial charge < -0.3 is 11.1 Å². The highest BCUT2D eigenvalue weighted by atomic mass is 35.5. The predicted molar refractivity (Wildman–Crippen MR) is 75.3 cm³/mol. The fraction of sp³-hybridized carbons (Fsp3) is 0.0769. The van der Waals surface area contributed by atoms with Gasteiger partial charge in [-0.15, -0.1) is 0 Å². The molecule has 88 valence electrons. The second-order valence-electron chi connectivity index (χ2n) is 3.82. The van der Waals surface area contributed by atoms with Gasteiger partial charge in [0.25, 0.3) is 0 Å². The molecule has 0 unspecified atom stereocenters. The second-order valence-corrected chi connectivity index (χ2v) is 4.66. The molecule has 0 heterocycles.